The van der Waals surface area contributed by atoms with Crippen molar-refractivity contribution >= 4 is 11.6 Å². The third-order valence-corrected chi connectivity index (χ3v) is 3.41. The van der Waals surface area contributed by atoms with Gasteiger partial charge in [0.05, 0.1) is 6.61 Å². The number of hydrogen-bond acceptors (Lipinski definition) is 3. The molecule has 2 aromatic rings. The zero-order chi connectivity index (χ0) is 13.9. The van der Waals surface area contributed by atoms with Crippen LogP contribution in [0.25, 0.3) is 0 Å². The predicted molar refractivity (Wildman–Crippen MR) is 76.9 cm³/mol. The second-order valence-electron chi connectivity index (χ2n) is 4.98. The first kappa shape index (κ1) is 12.7. The van der Waals surface area contributed by atoms with Gasteiger partial charge in [0.2, 0.25) is 5.91 Å². The van der Waals surface area contributed by atoms with Gasteiger partial charge in [0.1, 0.15) is 5.75 Å². The van der Waals surface area contributed by atoms with E-state index in [1.54, 1.807) is 12.3 Å². The minimum absolute atomic E-state index is 0.000836. The fourth-order valence-corrected chi connectivity index (χ4v) is 2.46. The lowest BCUT2D eigenvalue weighted by Crippen LogP contribution is -2.16. The Labute approximate surface area is 117 Å². The van der Waals surface area contributed by atoms with Crippen LogP contribution in [0.4, 0.5) is 5.69 Å². The number of para-hydroxylation sites is 1. The largest absolute Gasteiger partial charge is 0.493 e. The van der Waals surface area contributed by atoms with Crippen LogP contribution in [-0.4, -0.2) is 17.5 Å². The number of carbonyl (C=O) groups excluding carboxylic acids is 1. The van der Waals surface area contributed by atoms with E-state index in [0.717, 1.165) is 22.7 Å². The normalized spacial score (nSPS) is 16.4. The minimum atomic E-state index is 0.000836. The van der Waals surface area contributed by atoms with E-state index in [1.165, 1.54) is 0 Å². The number of carbonyl (C=O) groups is 1. The van der Waals surface area contributed by atoms with Crippen LogP contribution in [0.1, 0.15) is 23.6 Å². The Morgan fingerprint density at radius 3 is 3.10 bits per heavy atom. The van der Waals surface area contributed by atoms with Crippen LogP contribution in [0.15, 0.2) is 42.6 Å². The maximum atomic E-state index is 12.1. The van der Waals surface area contributed by atoms with Crippen molar-refractivity contribution in [1.29, 1.82) is 0 Å². The Bertz CT molecular complexity index is 640. The molecule has 1 N–H and O–H groups in total. The number of amides is 1. The van der Waals surface area contributed by atoms with E-state index in [-0.39, 0.29) is 11.8 Å². The van der Waals surface area contributed by atoms with Crippen molar-refractivity contribution in [2.24, 2.45) is 0 Å². The van der Waals surface area contributed by atoms with Crippen LogP contribution in [0.2, 0.25) is 0 Å². The summed E-state index contributed by atoms with van der Waals surface area (Å²) in [5.41, 5.74) is 2.79. The smallest absolute Gasteiger partial charge is 0.225 e. The highest BCUT2D eigenvalue weighted by atomic mass is 16.5. The Morgan fingerprint density at radius 1 is 1.40 bits per heavy atom. The van der Waals surface area contributed by atoms with Crippen LogP contribution < -0.4 is 10.1 Å². The number of aryl methyl sites for hydroxylation is 1. The van der Waals surface area contributed by atoms with E-state index in [4.69, 9.17) is 4.74 Å². The molecule has 0 saturated heterocycles. The highest BCUT2D eigenvalue weighted by Crippen LogP contribution is 2.35. The maximum absolute atomic E-state index is 12.1. The van der Waals surface area contributed by atoms with E-state index in [9.17, 15) is 4.79 Å². The zero-order valence-electron chi connectivity index (χ0n) is 11.3. The lowest BCUT2D eigenvalue weighted by atomic mass is 9.97. The molecule has 4 heteroatoms. The van der Waals surface area contributed by atoms with Gasteiger partial charge in [0.25, 0.3) is 0 Å². The van der Waals surface area contributed by atoms with E-state index < -0.39 is 0 Å². The molecule has 1 aliphatic heterocycles. The molecule has 0 saturated carbocycles. The summed E-state index contributed by atoms with van der Waals surface area (Å²) in [5, 5.41) is 2.91. The van der Waals surface area contributed by atoms with Gasteiger partial charge in [0.15, 0.2) is 0 Å². The molecular weight excluding hydrogens is 252 g/mol. The average molecular weight is 268 g/mol. The monoisotopic (exact) mass is 268 g/mol. The molecule has 0 fully saturated rings. The summed E-state index contributed by atoms with van der Waals surface area (Å²) >= 11 is 0. The van der Waals surface area contributed by atoms with Gasteiger partial charge in [-0.3, -0.25) is 9.78 Å². The van der Waals surface area contributed by atoms with Crippen LogP contribution in [0, 0.1) is 6.92 Å². The molecule has 0 bridgehead atoms. The van der Waals surface area contributed by atoms with Gasteiger partial charge in [-0.1, -0.05) is 18.2 Å². The SMILES string of the molecule is Cc1cc(NC(=O)CC2COc3ccccc32)ccn1. The van der Waals surface area contributed by atoms with Gasteiger partial charge in [-0.2, -0.15) is 0 Å². The molecular formula is C16H16N2O2. The fourth-order valence-electron chi connectivity index (χ4n) is 2.46. The Kier molecular flexibility index (Phi) is 3.37. The molecule has 1 unspecified atom stereocenters. The number of aromatic nitrogens is 1. The van der Waals surface area contributed by atoms with Crippen molar-refractivity contribution < 1.29 is 9.53 Å². The van der Waals surface area contributed by atoms with Crippen molar-refractivity contribution in [3.05, 3.63) is 53.9 Å². The van der Waals surface area contributed by atoms with Crippen molar-refractivity contribution in [2.45, 2.75) is 19.3 Å². The Balaban J connectivity index is 1.66. The summed E-state index contributed by atoms with van der Waals surface area (Å²) < 4.78 is 5.59. The first-order chi connectivity index (χ1) is 9.72. The zero-order valence-corrected chi connectivity index (χ0v) is 11.3. The highest BCUT2D eigenvalue weighted by Gasteiger charge is 2.25. The van der Waals surface area contributed by atoms with E-state index in [0.29, 0.717) is 13.0 Å². The number of benzene rings is 1. The molecule has 0 aliphatic carbocycles. The van der Waals surface area contributed by atoms with E-state index in [1.807, 2.05) is 37.3 Å². The van der Waals surface area contributed by atoms with Gasteiger partial charge in [0, 0.05) is 35.5 Å². The number of fused-ring (bicyclic) bond motifs is 1. The van der Waals surface area contributed by atoms with Crippen LogP contribution >= 0.6 is 0 Å². The predicted octanol–water partition coefficient (Wildman–Crippen LogP) is 2.89. The average Bonchev–Trinajstić information content (AvgIpc) is 2.82. The summed E-state index contributed by atoms with van der Waals surface area (Å²) in [4.78, 5) is 16.2. The number of anilines is 1. The first-order valence-electron chi connectivity index (χ1n) is 6.66. The number of pyridine rings is 1. The third kappa shape index (κ3) is 2.64. The third-order valence-electron chi connectivity index (χ3n) is 3.41. The first-order valence-corrected chi connectivity index (χ1v) is 6.66. The van der Waals surface area contributed by atoms with Crippen LogP contribution in [0.3, 0.4) is 0 Å². The molecule has 102 valence electrons. The number of ether oxygens (including phenoxy) is 1. The quantitative estimate of drug-likeness (QED) is 0.931. The van der Waals surface area contributed by atoms with Crippen molar-refractivity contribution in [1.82, 2.24) is 4.98 Å². The standard InChI is InChI=1S/C16H16N2O2/c1-11-8-13(6-7-17-11)18-16(19)9-12-10-20-15-5-3-2-4-14(12)15/h2-8,12H,9-10H2,1H3,(H,17,18,19). The van der Waals surface area contributed by atoms with E-state index >= 15 is 0 Å². The maximum Gasteiger partial charge on any atom is 0.225 e. The van der Waals surface area contributed by atoms with Gasteiger partial charge in [-0.05, 0) is 25.1 Å². The van der Waals surface area contributed by atoms with Crippen molar-refractivity contribution in [2.75, 3.05) is 11.9 Å². The lowest BCUT2D eigenvalue weighted by Gasteiger charge is -2.09. The molecule has 1 aromatic carbocycles. The Morgan fingerprint density at radius 2 is 2.25 bits per heavy atom. The van der Waals surface area contributed by atoms with Gasteiger partial charge >= 0.3 is 0 Å². The summed E-state index contributed by atoms with van der Waals surface area (Å²) in [5.74, 6) is 1.03. The fraction of sp³-hybridized carbons (Fsp3) is 0.250. The molecule has 1 aliphatic rings. The lowest BCUT2D eigenvalue weighted by molar-refractivity contribution is -0.116. The Hall–Kier alpha value is -2.36. The summed E-state index contributed by atoms with van der Waals surface area (Å²) in [6, 6.07) is 11.5. The van der Waals surface area contributed by atoms with Crippen LogP contribution in [-0.2, 0) is 4.79 Å². The molecule has 3 rings (SSSR count). The van der Waals surface area contributed by atoms with Crippen molar-refractivity contribution in [3.8, 4) is 5.75 Å². The summed E-state index contributed by atoms with van der Waals surface area (Å²) in [6.45, 7) is 2.47. The minimum Gasteiger partial charge on any atom is -0.493 e. The molecule has 1 atom stereocenters. The van der Waals surface area contributed by atoms with E-state index in [2.05, 4.69) is 10.3 Å². The molecule has 0 radical (unpaired) electrons. The van der Waals surface area contributed by atoms with Gasteiger partial charge < -0.3 is 10.1 Å². The van der Waals surface area contributed by atoms with Gasteiger partial charge in [-0.15, -0.1) is 0 Å². The summed E-state index contributed by atoms with van der Waals surface area (Å²) in [6.07, 6.45) is 2.12. The second kappa shape index (κ2) is 5.33. The number of nitrogens with zero attached hydrogens (tertiary/aromatic N) is 1. The van der Waals surface area contributed by atoms with Crippen molar-refractivity contribution in [3.63, 3.8) is 0 Å². The molecule has 0 spiro atoms. The van der Waals surface area contributed by atoms with Crippen LogP contribution in [0.5, 0.6) is 5.75 Å². The topological polar surface area (TPSA) is 51.2 Å². The second-order valence-corrected chi connectivity index (χ2v) is 4.98. The molecule has 2 heterocycles. The number of nitrogens with one attached hydrogen (secondary N) is 1. The molecule has 1 amide bonds. The summed E-state index contributed by atoms with van der Waals surface area (Å²) in [7, 11) is 0. The number of rotatable bonds is 3. The number of hydrogen-bond donors (Lipinski definition) is 1. The molecule has 20 heavy (non-hydrogen) atoms. The highest BCUT2D eigenvalue weighted by molar-refractivity contribution is 5.91. The molecule has 4 nitrogen and oxygen atoms in total. The van der Waals surface area contributed by atoms with Gasteiger partial charge in [-0.25, -0.2) is 0 Å². The molecule has 1 aromatic heterocycles.